The molecule has 0 fully saturated rings. The Morgan fingerprint density at radius 2 is 1.32 bits per heavy atom. The SMILES string of the molecule is O=S(=O)(O)c1c(F)c(COc2cccc(Cl)c2)c(F)c(COc2cccc(C(F)(F)F)c2)c1F. The van der Waals surface area contributed by atoms with E-state index in [9.17, 15) is 39.3 Å². The molecule has 5 nitrogen and oxygen atoms in total. The molecule has 182 valence electrons. The lowest BCUT2D eigenvalue weighted by Gasteiger charge is -2.16. The second-order valence-corrected chi connectivity index (χ2v) is 8.56. The second kappa shape index (κ2) is 9.72. The molecular weight excluding hydrogens is 514 g/mol. The monoisotopic (exact) mass is 526 g/mol. The van der Waals surface area contributed by atoms with Crippen molar-refractivity contribution < 1.29 is 48.8 Å². The standard InChI is InChI=1S/C21H13ClF6O5S/c22-12-4-2-6-14(8-12)33-10-16-17(23)15(18(24)20(19(16)25)34(29,30)31)9-32-13-5-1-3-11(7-13)21(26,27)28/h1-8H,9-10H2,(H,29,30,31). The lowest BCUT2D eigenvalue weighted by molar-refractivity contribution is -0.137. The summed E-state index contributed by atoms with van der Waals surface area (Å²) in [6, 6.07) is 8.89. The average molecular weight is 527 g/mol. The molecule has 0 atom stereocenters. The fourth-order valence-electron chi connectivity index (χ4n) is 2.86. The van der Waals surface area contributed by atoms with Crippen molar-refractivity contribution in [2.45, 2.75) is 24.3 Å². The topological polar surface area (TPSA) is 72.8 Å². The molecule has 0 amide bonds. The predicted octanol–water partition coefficient (Wildman–Crippen LogP) is 6.18. The van der Waals surface area contributed by atoms with Crippen LogP contribution in [0.5, 0.6) is 11.5 Å². The number of alkyl halides is 3. The Morgan fingerprint density at radius 3 is 1.79 bits per heavy atom. The average Bonchev–Trinajstić information content (AvgIpc) is 2.72. The zero-order valence-electron chi connectivity index (χ0n) is 16.7. The number of rotatable bonds is 7. The van der Waals surface area contributed by atoms with Gasteiger partial charge in [-0.3, -0.25) is 4.55 Å². The summed E-state index contributed by atoms with van der Waals surface area (Å²) >= 11 is 5.78. The number of halogens is 7. The van der Waals surface area contributed by atoms with Crippen molar-refractivity contribution in [1.29, 1.82) is 0 Å². The molecule has 0 heterocycles. The first kappa shape index (κ1) is 25.7. The van der Waals surface area contributed by atoms with Crippen LogP contribution in [0.2, 0.25) is 5.02 Å². The van der Waals surface area contributed by atoms with Crippen LogP contribution in [0.4, 0.5) is 26.3 Å². The van der Waals surface area contributed by atoms with Gasteiger partial charge in [-0.25, -0.2) is 13.2 Å². The molecule has 0 bridgehead atoms. The molecular formula is C21H13ClF6O5S. The maximum absolute atomic E-state index is 15.0. The highest BCUT2D eigenvalue weighted by molar-refractivity contribution is 7.85. The summed E-state index contributed by atoms with van der Waals surface area (Å²) in [5.41, 5.74) is -3.34. The Labute approximate surface area is 194 Å². The highest BCUT2D eigenvalue weighted by Gasteiger charge is 2.33. The fourth-order valence-corrected chi connectivity index (χ4v) is 3.73. The van der Waals surface area contributed by atoms with Crippen molar-refractivity contribution in [1.82, 2.24) is 0 Å². The van der Waals surface area contributed by atoms with E-state index in [1.807, 2.05) is 0 Å². The Hall–Kier alpha value is -2.96. The smallest absolute Gasteiger partial charge is 0.416 e. The van der Waals surface area contributed by atoms with Gasteiger partial charge >= 0.3 is 6.18 Å². The molecule has 0 aliphatic rings. The van der Waals surface area contributed by atoms with Gasteiger partial charge in [0, 0.05) is 5.02 Å². The van der Waals surface area contributed by atoms with Crippen LogP contribution < -0.4 is 9.47 Å². The quantitative estimate of drug-likeness (QED) is 0.294. The lowest BCUT2D eigenvalue weighted by Crippen LogP contribution is -2.16. The van der Waals surface area contributed by atoms with E-state index in [4.69, 9.17) is 21.1 Å². The first-order valence-corrected chi connectivity index (χ1v) is 10.9. The van der Waals surface area contributed by atoms with Crippen LogP contribution in [-0.2, 0) is 29.5 Å². The van der Waals surface area contributed by atoms with Crippen LogP contribution in [0, 0.1) is 17.5 Å². The molecule has 0 saturated carbocycles. The molecule has 3 aromatic carbocycles. The van der Waals surface area contributed by atoms with Crippen molar-refractivity contribution >= 4 is 21.7 Å². The molecule has 13 heteroatoms. The van der Waals surface area contributed by atoms with Gasteiger partial charge < -0.3 is 9.47 Å². The molecule has 1 N–H and O–H groups in total. The molecule has 34 heavy (non-hydrogen) atoms. The normalized spacial score (nSPS) is 12.0. The first-order valence-electron chi connectivity index (χ1n) is 9.13. The van der Waals surface area contributed by atoms with E-state index in [1.165, 1.54) is 24.3 Å². The van der Waals surface area contributed by atoms with Crippen LogP contribution in [0.25, 0.3) is 0 Å². The van der Waals surface area contributed by atoms with Gasteiger partial charge in [0.15, 0.2) is 16.5 Å². The van der Waals surface area contributed by atoms with Crippen molar-refractivity contribution in [2.24, 2.45) is 0 Å². The van der Waals surface area contributed by atoms with Crippen LogP contribution in [0.15, 0.2) is 53.4 Å². The van der Waals surface area contributed by atoms with Gasteiger partial charge in [-0.1, -0.05) is 23.7 Å². The molecule has 3 rings (SSSR count). The molecule has 0 aliphatic carbocycles. The lowest BCUT2D eigenvalue weighted by atomic mass is 10.1. The van der Waals surface area contributed by atoms with E-state index in [0.29, 0.717) is 6.07 Å². The van der Waals surface area contributed by atoms with E-state index in [1.54, 1.807) is 0 Å². The van der Waals surface area contributed by atoms with Crippen molar-refractivity contribution in [2.75, 3.05) is 0 Å². The largest absolute Gasteiger partial charge is 0.489 e. The van der Waals surface area contributed by atoms with E-state index < -0.39 is 74.3 Å². The Morgan fingerprint density at radius 1 is 0.824 bits per heavy atom. The van der Waals surface area contributed by atoms with Crippen LogP contribution in [0.1, 0.15) is 16.7 Å². The van der Waals surface area contributed by atoms with E-state index in [2.05, 4.69) is 0 Å². The summed E-state index contributed by atoms with van der Waals surface area (Å²) < 4.78 is 126. The molecule has 0 aromatic heterocycles. The van der Waals surface area contributed by atoms with E-state index >= 15 is 0 Å². The van der Waals surface area contributed by atoms with Crippen molar-refractivity contribution in [3.63, 3.8) is 0 Å². The molecule has 3 aromatic rings. The summed E-state index contributed by atoms with van der Waals surface area (Å²) in [7, 11) is -5.52. The summed E-state index contributed by atoms with van der Waals surface area (Å²) in [6.07, 6.45) is -4.73. The summed E-state index contributed by atoms with van der Waals surface area (Å²) in [5.74, 6) is -5.98. The third-order valence-corrected chi connectivity index (χ3v) is 5.55. The minimum atomic E-state index is -5.52. The van der Waals surface area contributed by atoms with Gasteiger partial charge in [-0.15, -0.1) is 0 Å². The number of hydrogen-bond donors (Lipinski definition) is 1. The number of benzene rings is 3. The van der Waals surface area contributed by atoms with Crippen molar-refractivity contribution in [3.05, 3.63) is 87.7 Å². The Kier molecular flexibility index (Phi) is 7.34. The van der Waals surface area contributed by atoms with E-state index in [-0.39, 0.29) is 10.8 Å². The minimum Gasteiger partial charge on any atom is -0.489 e. The highest BCUT2D eigenvalue weighted by atomic mass is 35.5. The fraction of sp³-hybridized carbons (Fsp3) is 0.143. The van der Waals surface area contributed by atoms with Gasteiger partial charge in [0.05, 0.1) is 16.7 Å². The zero-order valence-corrected chi connectivity index (χ0v) is 18.2. The van der Waals surface area contributed by atoms with Crippen LogP contribution in [0.3, 0.4) is 0 Å². The van der Waals surface area contributed by atoms with Gasteiger partial charge in [0.25, 0.3) is 10.1 Å². The molecule has 0 spiro atoms. The Bertz CT molecular complexity index is 1330. The molecule has 0 saturated heterocycles. The third-order valence-electron chi connectivity index (χ3n) is 4.44. The predicted molar refractivity (Wildman–Crippen MR) is 108 cm³/mol. The van der Waals surface area contributed by atoms with Gasteiger partial charge in [-0.2, -0.15) is 21.6 Å². The van der Waals surface area contributed by atoms with Crippen LogP contribution >= 0.6 is 11.6 Å². The summed E-state index contributed by atoms with van der Waals surface area (Å²) in [5, 5.41) is 0.214. The van der Waals surface area contributed by atoms with E-state index in [0.717, 1.165) is 18.2 Å². The molecule has 0 unspecified atom stereocenters. The Balaban J connectivity index is 2.00. The zero-order chi connectivity index (χ0) is 25.3. The maximum atomic E-state index is 15.0. The first-order chi connectivity index (χ1) is 15.8. The van der Waals surface area contributed by atoms with Gasteiger partial charge in [-0.05, 0) is 36.4 Å². The number of ether oxygens (including phenoxy) is 2. The van der Waals surface area contributed by atoms with Crippen molar-refractivity contribution in [3.8, 4) is 11.5 Å². The highest BCUT2D eigenvalue weighted by Crippen LogP contribution is 2.33. The van der Waals surface area contributed by atoms with Crippen LogP contribution in [-0.4, -0.2) is 13.0 Å². The second-order valence-electron chi connectivity index (χ2n) is 6.76. The number of hydrogen-bond acceptors (Lipinski definition) is 4. The maximum Gasteiger partial charge on any atom is 0.416 e. The third kappa shape index (κ3) is 5.75. The molecule has 0 radical (unpaired) electrons. The van der Waals surface area contributed by atoms with Gasteiger partial charge in [0.2, 0.25) is 0 Å². The minimum absolute atomic E-state index is 0.0331. The van der Waals surface area contributed by atoms with Gasteiger partial charge in [0.1, 0.15) is 30.5 Å². The molecule has 0 aliphatic heterocycles. The summed E-state index contributed by atoms with van der Waals surface area (Å²) in [4.78, 5) is -1.86. The summed E-state index contributed by atoms with van der Waals surface area (Å²) in [6.45, 7) is -2.08.